The monoisotopic (exact) mass is 318 g/mol. The fourth-order valence-corrected chi connectivity index (χ4v) is 3.76. The molecule has 0 aliphatic carbocycles. The van der Waals surface area contributed by atoms with Crippen LogP contribution in [0.4, 0.5) is 11.4 Å². The summed E-state index contributed by atoms with van der Waals surface area (Å²) in [5.41, 5.74) is 2.07. The second kappa shape index (κ2) is 6.84. The summed E-state index contributed by atoms with van der Waals surface area (Å²) >= 11 is 0. The molecule has 6 heteroatoms. The van der Waals surface area contributed by atoms with Crippen LogP contribution < -0.4 is 4.90 Å². The van der Waals surface area contributed by atoms with E-state index in [1.165, 1.54) is 19.5 Å². The Morgan fingerprint density at radius 1 is 1.22 bits per heavy atom. The minimum Gasteiger partial charge on any atom is -0.370 e. The Labute approximate surface area is 137 Å². The predicted molar refractivity (Wildman–Crippen MR) is 92.1 cm³/mol. The van der Waals surface area contributed by atoms with Crippen LogP contribution in [0.2, 0.25) is 0 Å². The van der Waals surface area contributed by atoms with Gasteiger partial charge in [-0.25, -0.2) is 0 Å². The van der Waals surface area contributed by atoms with Crippen LogP contribution in [0.3, 0.4) is 0 Å². The number of anilines is 1. The maximum Gasteiger partial charge on any atom is 0.272 e. The number of nitrogens with zero attached hydrogens (tertiary/aromatic N) is 4. The third kappa shape index (κ3) is 3.48. The van der Waals surface area contributed by atoms with Gasteiger partial charge in [-0.2, -0.15) is 0 Å². The Morgan fingerprint density at radius 3 is 2.57 bits per heavy atom. The molecule has 3 rings (SSSR count). The van der Waals surface area contributed by atoms with Gasteiger partial charge in [-0.15, -0.1) is 0 Å². The predicted octanol–water partition coefficient (Wildman–Crippen LogP) is 2.12. The van der Waals surface area contributed by atoms with Crippen molar-refractivity contribution < 1.29 is 4.92 Å². The van der Waals surface area contributed by atoms with E-state index < -0.39 is 0 Å². The highest BCUT2D eigenvalue weighted by Crippen LogP contribution is 2.28. The zero-order valence-electron chi connectivity index (χ0n) is 14.1. The van der Waals surface area contributed by atoms with E-state index in [1.54, 1.807) is 6.07 Å². The molecule has 0 saturated carbocycles. The lowest BCUT2D eigenvalue weighted by Crippen LogP contribution is -2.50. The first-order chi connectivity index (χ1) is 11.1. The minimum absolute atomic E-state index is 0.209. The molecule has 2 aliphatic rings. The molecule has 0 aromatic heterocycles. The van der Waals surface area contributed by atoms with Crippen LogP contribution in [0.15, 0.2) is 18.2 Å². The van der Waals surface area contributed by atoms with Gasteiger partial charge in [-0.3, -0.25) is 15.0 Å². The van der Waals surface area contributed by atoms with Crippen LogP contribution in [0, 0.1) is 17.0 Å². The Morgan fingerprint density at radius 2 is 1.96 bits per heavy atom. The van der Waals surface area contributed by atoms with Crippen molar-refractivity contribution in [3.8, 4) is 0 Å². The van der Waals surface area contributed by atoms with E-state index in [4.69, 9.17) is 0 Å². The number of nitro groups is 1. The summed E-state index contributed by atoms with van der Waals surface area (Å²) in [6.45, 7) is 11.9. The van der Waals surface area contributed by atoms with Crippen molar-refractivity contribution in [1.29, 1.82) is 0 Å². The second-order valence-electron chi connectivity index (χ2n) is 6.59. The number of nitro benzene ring substituents is 1. The number of rotatable bonds is 4. The lowest BCUT2D eigenvalue weighted by atomic mass is 10.1. The van der Waals surface area contributed by atoms with Crippen LogP contribution in [0.25, 0.3) is 0 Å². The molecule has 1 unspecified atom stereocenters. The molecule has 2 aliphatic heterocycles. The molecular weight excluding hydrogens is 292 g/mol. The van der Waals surface area contributed by atoms with Gasteiger partial charge in [0.2, 0.25) is 0 Å². The molecule has 0 radical (unpaired) electrons. The first-order valence-corrected chi connectivity index (χ1v) is 8.55. The molecular formula is C17H26N4O2. The van der Waals surface area contributed by atoms with E-state index in [1.807, 2.05) is 19.1 Å². The van der Waals surface area contributed by atoms with Crippen molar-refractivity contribution >= 4 is 11.4 Å². The second-order valence-corrected chi connectivity index (χ2v) is 6.59. The molecule has 6 nitrogen and oxygen atoms in total. The molecule has 1 aromatic rings. The molecule has 126 valence electrons. The minimum atomic E-state index is -0.306. The Hall–Kier alpha value is -1.66. The van der Waals surface area contributed by atoms with E-state index >= 15 is 0 Å². The van der Waals surface area contributed by atoms with Crippen LogP contribution in [-0.2, 0) is 0 Å². The van der Waals surface area contributed by atoms with Gasteiger partial charge in [0.1, 0.15) is 0 Å². The third-order valence-corrected chi connectivity index (χ3v) is 5.28. The zero-order valence-corrected chi connectivity index (χ0v) is 14.1. The SMILES string of the molecule is CCN1CCN(C2CCN(c3ccc([N+](=O)[O-])c(C)c3)C2)CC1. The molecule has 2 fully saturated rings. The van der Waals surface area contributed by atoms with Crippen LogP contribution in [0.1, 0.15) is 18.9 Å². The first kappa shape index (κ1) is 16.2. The van der Waals surface area contributed by atoms with Crippen molar-refractivity contribution in [2.45, 2.75) is 26.3 Å². The van der Waals surface area contributed by atoms with Gasteiger partial charge < -0.3 is 9.80 Å². The van der Waals surface area contributed by atoms with Crippen LogP contribution in [-0.4, -0.2) is 66.6 Å². The van der Waals surface area contributed by atoms with Gasteiger partial charge in [0.15, 0.2) is 0 Å². The average Bonchev–Trinajstić information content (AvgIpc) is 3.04. The number of aryl methyl sites for hydroxylation is 1. The van der Waals surface area contributed by atoms with Crippen molar-refractivity contribution in [2.75, 3.05) is 50.7 Å². The highest BCUT2D eigenvalue weighted by molar-refractivity contribution is 5.56. The van der Waals surface area contributed by atoms with Crippen molar-refractivity contribution in [3.05, 3.63) is 33.9 Å². The van der Waals surface area contributed by atoms with Crippen LogP contribution >= 0.6 is 0 Å². The van der Waals surface area contributed by atoms with Gasteiger partial charge in [-0.1, -0.05) is 6.92 Å². The van der Waals surface area contributed by atoms with E-state index in [0.29, 0.717) is 6.04 Å². The number of benzene rings is 1. The quantitative estimate of drug-likeness (QED) is 0.629. The average molecular weight is 318 g/mol. The van der Waals surface area contributed by atoms with Gasteiger partial charge in [0.25, 0.3) is 5.69 Å². The standard InChI is InChI=1S/C17H26N4O2/c1-3-18-8-10-19(11-9-18)16-6-7-20(13-16)15-4-5-17(21(22)23)14(2)12-15/h4-5,12,16H,3,6-11,13H2,1-2H3. The summed E-state index contributed by atoms with van der Waals surface area (Å²) in [5.74, 6) is 0. The van der Waals surface area contributed by atoms with Crippen molar-refractivity contribution in [2.24, 2.45) is 0 Å². The van der Waals surface area contributed by atoms with E-state index in [0.717, 1.165) is 44.0 Å². The summed E-state index contributed by atoms with van der Waals surface area (Å²) in [4.78, 5) is 18.1. The zero-order chi connectivity index (χ0) is 16.4. The van der Waals surface area contributed by atoms with Gasteiger partial charge >= 0.3 is 0 Å². The Bertz CT molecular complexity index is 570. The first-order valence-electron chi connectivity index (χ1n) is 8.55. The normalized spacial score (nSPS) is 23.4. The number of hydrogen-bond acceptors (Lipinski definition) is 5. The fraction of sp³-hybridized carbons (Fsp3) is 0.647. The Balaban J connectivity index is 1.61. The third-order valence-electron chi connectivity index (χ3n) is 5.28. The fourth-order valence-electron chi connectivity index (χ4n) is 3.76. The largest absolute Gasteiger partial charge is 0.370 e. The van der Waals surface area contributed by atoms with E-state index in [-0.39, 0.29) is 10.6 Å². The molecule has 0 N–H and O–H groups in total. The lowest BCUT2D eigenvalue weighted by Gasteiger charge is -2.37. The van der Waals surface area contributed by atoms with Crippen molar-refractivity contribution in [3.63, 3.8) is 0 Å². The smallest absolute Gasteiger partial charge is 0.272 e. The highest BCUT2D eigenvalue weighted by atomic mass is 16.6. The molecule has 2 saturated heterocycles. The lowest BCUT2D eigenvalue weighted by molar-refractivity contribution is -0.385. The summed E-state index contributed by atoms with van der Waals surface area (Å²) in [5, 5.41) is 10.9. The van der Waals surface area contributed by atoms with E-state index in [9.17, 15) is 10.1 Å². The van der Waals surface area contributed by atoms with E-state index in [2.05, 4.69) is 21.6 Å². The maximum atomic E-state index is 10.9. The molecule has 0 amide bonds. The molecule has 1 atom stereocenters. The van der Waals surface area contributed by atoms with Gasteiger partial charge in [0, 0.05) is 62.6 Å². The number of piperazine rings is 1. The highest BCUT2D eigenvalue weighted by Gasteiger charge is 2.30. The molecule has 0 spiro atoms. The number of hydrogen-bond donors (Lipinski definition) is 0. The maximum absolute atomic E-state index is 10.9. The van der Waals surface area contributed by atoms with Gasteiger partial charge in [-0.05, 0) is 32.0 Å². The van der Waals surface area contributed by atoms with Crippen molar-refractivity contribution in [1.82, 2.24) is 9.80 Å². The molecule has 1 aromatic carbocycles. The topological polar surface area (TPSA) is 52.9 Å². The van der Waals surface area contributed by atoms with Crippen LogP contribution in [0.5, 0.6) is 0 Å². The molecule has 2 heterocycles. The van der Waals surface area contributed by atoms with Gasteiger partial charge in [0.05, 0.1) is 4.92 Å². The summed E-state index contributed by atoms with van der Waals surface area (Å²) < 4.78 is 0. The number of likely N-dealkylation sites (N-methyl/N-ethyl adjacent to an activating group) is 1. The molecule has 23 heavy (non-hydrogen) atoms. The summed E-state index contributed by atoms with van der Waals surface area (Å²) in [6, 6.07) is 6.10. The summed E-state index contributed by atoms with van der Waals surface area (Å²) in [7, 11) is 0. The Kier molecular flexibility index (Phi) is 4.82. The summed E-state index contributed by atoms with van der Waals surface area (Å²) in [6.07, 6.45) is 1.18. The molecule has 0 bridgehead atoms.